The molecule has 11 nitrogen and oxygen atoms in total. The van der Waals surface area contributed by atoms with Gasteiger partial charge in [-0.15, -0.1) is 0 Å². The Hall–Kier alpha value is -4.48. The highest BCUT2D eigenvalue weighted by molar-refractivity contribution is 6.02. The van der Waals surface area contributed by atoms with Crippen molar-refractivity contribution >= 4 is 40.7 Å². The van der Waals surface area contributed by atoms with Crippen molar-refractivity contribution in [3.05, 3.63) is 60.9 Å². The summed E-state index contributed by atoms with van der Waals surface area (Å²) in [6.07, 6.45) is 6.24. The zero-order valence-corrected chi connectivity index (χ0v) is 25.2. The van der Waals surface area contributed by atoms with Gasteiger partial charge in [-0.05, 0) is 38.1 Å². The van der Waals surface area contributed by atoms with Crippen molar-refractivity contribution in [2.75, 3.05) is 81.3 Å². The van der Waals surface area contributed by atoms with Gasteiger partial charge in [0.05, 0.1) is 29.9 Å². The molecule has 0 unspecified atom stereocenters. The van der Waals surface area contributed by atoms with Crippen molar-refractivity contribution in [3.8, 4) is 17.0 Å². The first-order valence-corrected chi connectivity index (χ1v) is 14.7. The van der Waals surface area contributed by atoms with Crippen LogP contribution in [0.25, 0.3) is 11.3 Å². The van der Waals surface area contributed by atoms with Gasteiger partial charge in [-0.3, -0.25) is 9.69 Å². The average Bonchev–Trinajstić information content (AvgIpc) is 3.05. The molecule has 0 spiro atoms. The van der Waals surface area contributed by atoms with E-state index in [1.54, 1.807) is 7.11 Å². The fourth-order valence-electron chi connectivity index (χ4n) is 5.82. The van der Waals surface area contributed by atoms with Crippen LogP contribution in [0.3, 0.4) is 0 Å². The topological polar surface area (TPSA) is 122 Å². The predicted octanol–water partition coefficient (Wildman–Crippen LogP) is 4.28. The van der Waals surface area contributed by atoms with Crippen LogP contribution in [-0.4, -0.2) is 98.4 Å². The van der Waals surface area contributed by atoms with E-state index in [4.69, 9.17) is 10.1 Å². The van der Waals surface area contributed by atoms with Crippen LogP contribution >= 0.6 is 0 Å². The molecule has 226 valence electrons. The molecular weight excluding hydrogens is 542 g/mol. The molecule has 2 aromatic carbocycles. The monoisotopic (exact) mass is 583 g/mol. The number of rotatable bonds is 10. The van der Waals surface area contributed by atoms with Crippen LogP contribution in [0.15, 0.2) is 55.4 Å². The molecule has 2 aliphatic rings. The lowest BCUT2D eigenvalue weighted by molar-refractivity contribution is -0.111. The predicted molar refractivity (Wildman–Crippen MR) is 174 cm³/mol. The molecule has 0 atom stereocenters. The smallest absolute Gasteiger partial charge is 0.247 e. The highest BCUT2D eigenvalue weighted by Crippen LogP contribution is 2.40. The van der Waals surface area contributed by atoms with Crippen molar-refractivity contribution in [2.24, 2.45) is 0 Å². The highest BCUT2D eigenvalue weighted by Gasteiger charge is 2.28. The first-order valence-electron chi connectivity index (χ1n) is 14.7. The molecule has 0 aliphatic carbocycles. The van der Waals surface area contributed by atoms with Gasteiger partial charge in [0.1, 0.15) is 17.9 Å². The molecule has 0 radical (unpaired) electrons. The molecule has 11 heteroatoms. The van der Waals surface area contributed by atoms with Gasteiger partial charge in [-0.1, -0.05) is 18.7 Å². The number of anilines is 5. The molecule has 2 aliphatic heterocycles. The zero-order chi connectivity index (χ0) is 30.3. The fraction of sp³-hybridized carbons (Fsp3) is 0.375. The maximum atomic E-state index is 12.5. The van der Waals surface area contributed by atoms with Crippen LogP contribution in [0.5, 0.6) is 5.75 Å². The second kappa shape index (κ2) is 13.7. The van der Waals surface area contributed by atoms with Gasteiger partial charge in [-0.25, -0.2) is 9.97 Å². The van der Waals surface area contributed by atoms with Gasteiger partial charge in [-0.2, -0.15) is 0 Å². The summed E-state index contributed by atoms with van der Waals surface area (Å²) < 4.78 is 5.82. The number of nitrogens with zero attached hydrogens (tertiary/aromatic N) is 5. The molecule has 4 N–H and O–H groups in total. The minimum Gasteiger partial charge on any atom is -0.494 e. The Morgan fingerprint density at radius 2 is 1.79 bits per heavy atom. The minimum atomic E-state index is -0.275. The van der Waals surface area contributed by atoms with E-state index >= 15 is 0 Å². The number of ether oxygens (including phenoxy) is 1. The van der Waals surface area contributed by atoms with E-state index < -0.39 is 0 Å². The molecule has 2 saturated heterocycles. The summed E-state index contributed by atoms with van der Waals surface area (Å²) in [5.74, 6) is 0.940. The van der Waals surface area contributed by atoms with Gasteiger partial charge in [0.25, 0.3) is 0 Å². The first kappa shape index (κ1) is 30.0. The van der Waals surface area contributed by atoms with Crippen molar-refractivity contribution in [2.45, 2.75) is 18.9 Å². The molecule has 0 bridgehead atoms. The van der Waals surface area contributed by atoms with Crippen LogP contribution in [0.1, 0.15) is 18.4 Å². The van der Waals surface area contributed by atoms with Gasteiger partial charge in [0.15, 0.2) is 0 Å². The Kier molecular flexibility index (Phi) is 9.53. The minimum absolute atomic E-state index is 0.275. The number of benzene rings is 2. The SMILES string of the molecule is C=CC(=O)Nc1cc(Nc2cc(-c3ccc(C=N)c(NC)c3)ncn2)c(OC)cc1N1CCC(N2CCN(C)CC2)CC1. The molecule has 1 aromatic heterocycles. The van der Waals surface area contributed by atoms with Crippen molar-refractivity contribution in [1.29, 1.82) is 5.41 Å². The van der Waals surface area contributed by atoms with Gasteiger partial charge >= 0.3 is 0 Å². The van der Waals surface area contributed by atoms with Crippen molar-refractivity contribution < 1.29 is 9.53 Å². The third-order valence-electron chi connectivity index (χ3n) is 8.32. The van der Waals surface area contributed by atoms with Crippen molar-refractivity contribution in [1.82, 2.24) is 19.8 Å². The molecule has 2 fully saturated rings. The number of nitrogens with one attached hydrogen (secondary N) is 4. The maximum Gasteiger partial charge on any atom is 0.247 e. The number of methoxy groups -OCH3 is 1. The summed E-state index contributed by atoms with van der Waals surface area (Å²) in [6.45, 7) is 9.90. The number of amides is 1. The number of piperidine rings is 1. The number of piperazine rings is 1. The molecule has 3 heterocycles. The van der Waals surface area contributed by atoms with Crippen LogP contribution < -0.4 is 25.6 Å². The number of carbonyl (C=O) groups excluding carboxylic acids is 1. The first-order chi connectivity index (χ1) is 20.9. The van der Waals surface area contributed by atoms with E-state index in [2.05, 4.69) is 54.2 Å². The van der Waals surface area contributed by atoms with Gasteiger partial charge in [0.2, 0.25) is 5.91 Å². The highest BCUT2D eigenvalue weighted by atomic mass is 16.5. The Balaban J connectivity index is 1.39. The van der Waals surface area contributed by atoms with E-state index in [1.807, 2.05) is 43.4 Å². The maximum absolute atomic E-state index is 12.5. The molecule has 1 amide bonds. The lowest BCUT2D eigenvalue weighted by atomic mass is 10.0. The van der Waals surface area contributed by atoms with E-state index in [0.717, 1.165) is 80.3 Å². The lowest BCUT2D eigenvalue weighted by Gasteiger charge is -2.43. The number of hydrogen-bond donors (Lipinski definition) is 4. The third-order valence-corrected chi connectivity index (χ3v) is 8.32. The van der Waals surface area contributed by atoms with E-state index in [0.29, 0.717) is 29.0 Å². The standard InChI is InChI=1S/C32H41N9O2/c1-5-32(42)38-27-17-28(37-31-18-26(35-21-36-31)22-6-7-23(20-33)25(16-22)34-2)30(43-4)19-29(27)41-10-8-24(9-11-41)40-14-12-39(3)13-15-40/h5-7,16-21,24,33-34H,1,8-15H2,2-4H3,(H,38,42)(H,35,36,37). The summed E-state index contributed by atoms with van der Waals surface area (Å²) in [5, 5.41) is 17.1. The van der Waals surface area contributed by atoms with Crippen molar-refractivity contribution in [3.63, 3.8) is 0 Å². The van der Waals surface area contributed by atoms with Crippen LogP contribution in [0, 0.1) is 5.41 Å². The largest absolute Gasteiger partial charge is 0.494 e. The van der Waals surface area contributed by atoms with Crippen LogP contribution in [0.2, 0.25) is 0 Å². The second-order valence-corrected chi connectivity index (χ2v) is 10.9. The van der Waals surface area contributed by atoms with E-state index in [-0.39, 0.29) is 5.91 Å². The molecule has 43 heavy (non-hydrogen) atoms. The summed E-state index contributed by atoms with van der Waals surface area (Å²) in [6, 6.07) is 12.1. The molecular formula is C32H41N9O2. The number of carbonyl (C=O) groups is 1. The van der Waals surface area contributed by atoms with E-state index in [9.17, 15) is 4.79 Å². The third kappa shape index (κ3) is 6.95. The number of hydrogen-bond acceptors (Lipinski definition) is 10. The number of aromatic nitrogens is 2. The van der Waals surface area contributed by atoms with Crippen LogP contribution in [0.4, 0.5) is 28.6 Å². The Bertz CT molecular complexity index is 1460. The average molecular weight is 584 g/mol. The number of likely N-dealkylation sites (N-methyl/N-ethyl adjacent to an activating group) is 1. The van der Waals surface area contributed by atoms with Gasteiger partial charge < -0.3 is 35.9 Å². The quantitative estimate of drug-likeness (QED) is 0.205. The summed E-state index contributed by atoms with van der Waals surface area (Å²) in [7, 11) is 5.65. The Labute approximate surface area is 253 Å². The molecule has 0 saturated carbocycles. The lowest BCUT2D eigenvalue weighted by Crippen LogP contribution is -2.52. The normalized spacial score (nSPS) is 16.4. The fourth-order valence-corrected chi connectivity index (χ4v) is 5.82. The Morgan fingerprint density at radius 3 is 2.47 bits per heavy atom. The van der Waals surface area contributed by atoms with Crippen LogP contribution in [-0.2, 0) is 4.79 Å². The Morgan fingerprint density at radius 1 is 1.02 bits per heavy atom. The summed E-state index contributed by atoms with van der Waals surface area (Å²) in [4.78, 5) is 28.7. The zero-order valence-electron chi connectivity index (χ0n) is 25.2. The second-order valence-electron chi connectivity index (χ2n) is 10.9. The van der Waals surface area contributed by atoms with Gasteiger partial charge in [0, 0.05) is 87.5 Å². The molecule has 3 aromatic rings. The van der Waals surface area contributed by atoms with E-state index in [1.165, 1.54) is 18.6 Å². The summed E-state index contributed by atoms with van der Waals surface area (Å²) in [5.41, 5.74) is 5.52. The summed E-state index contributed by atoms with van der Waals surface area (Å²) >= 11 is 0. The molecule has 5 rings (SSSR count).